The molecule has 4 rings (SSSR count). The van der Waals surface area contributed by atoms with Crippen molar-refractivity contribution in [2.45, 2.75) is 32.7 Å². The van der Waals surface area contributed by atoms with Crippen LogP contribution in [0, 0.1) is 13.8 Å². The average Bonchev–Trinajstić information content (AvgIpc) is 3.30. The largest absolute Gasteiger partial charge is 0.338 e. The molecule has 5 nitrogen and oxygen atoms in total. The van der Waals surface area contributed by atoms with Gasteiger partial charge >= 0.3 is 0 Å². The summed E-state index contributed by atoms with van der Waals surface area (Å²) in [7, 11) is 0. The number of hydrogen-bond acceptors (Lipinski definition) is 3. The molecule has 138 valence electrons. The first-order chi connectivity index (χ1) is 13.1. The van der Waals surface area contributed by atoms with Crippen LogP contribution in [0.25, 0.3) is 0 Å². The van der Waals surface area contributed by atoms with Gasteiger partial charge in [0.15, 0.2) is 0 Å². The van der Waals surface area contributed by atoms with E-state index < -0.39 is 0 Å². The number of pyridine rings is 1. The standard InChI is InChI=1S/C22H24N4O/c1-16-8-9-19(13-23-16)22(27)25-11-10-20(15-25)21-24-12-17(2)26(21)14-18-6-4-3-5-7-18/h3-9,12-13,20H,10-11,14-15H2,1-2H3. The fourth-order valence-electron chi connectivity index (χ4n) is 3.71. The van der Waals surface area contributed by atoms with E-state index in [1.807, 2.05) is 36.2 Å². The van der Waals surface area contributed by atoms with Gasteiger partial charge in [-0.25, -0.2) is 4.98 Å². The van der Waals surface area contributed by atoms with E-state index in [0.717, 1.165) is 36.7 Å². The summed E-state index contributed by atoms with van der Waals surface area (Å²) in [5.74, 6) is 1.40. The maximum Gasteiger partial charge on any atom is 0.255 e. The van der Waals surface area contributed by atoms with E-state index >= 15 is 0 Å². The van der Waals surface area contributed by atoms with Gasteiger partial charge in [-0.3, -0.25) is 9.78 Å². The summed E-state index contributed by atoms with van der Waals surface area (Å²) in [6.07, 6.45) is 4.55. The molecule has 1 atom stereocenters. The molecule has 1 aliphatic heterocycles. The summed E-state index contributed by atoms with van der Waals surface area (Å²) < 4.78 is 2.28. The Balaban J connectivity index is 1.51. The molecule has 2 aromatic heterocycles. The van der Waals surface area contributed by atoms with Crippen LogP contribution >= 0.6 is 0 Å². The molecule has 0 saturated carbocycles. The van der Waals surface area contributed by atoms with Gasteiger partial charge in [0, 0.05) is 49.3 Å². The molecule has 0 spiro atoms. The zero-order valence-electron chi connectivity index (χ0n) is 15.8. The van der Waals surface area contributed by atoms with Crippen molar-refractivity contribution in [3.63, 3.8) is 0 Å². The number of amides is 1. The van der Waals surface area contributed by atoms with Crippen LogP contribution in [0.3, 0.4) is 0 Å². The Hall–Kier alpha value is -2.95. The maximum absolute atomic E-state index is 12.8. The highest BCUT2D eigenvalue weighted by molar-refractivity contribution is 5.94. The van der Waals surface area contributed by atoms with Gasteiger partial charge in [0.2, 0.25) is 0 Å². The molecule has 3 heterocycles. The lowest BCUT2D eigenvalue weighted by Gasteiger charge is -2.18. The normalized spacial score (nSPS) is 16.7. The van der Waals surface area contributed by atoms with E-state index in [2.05, 4.69) is 45.7 Å². The number of rotatable bonds is 4. The smallest absolute Gasteiger partial charge is 0.255 e. The van der Waals surface area contributed by atoms with Gasteiger partial charge in [0.1, 0.15) is 5.82 Å². The molecule has 1 aromatic carbocycles. The fourth-order valence-corrected chi connectivity index (χ4v) is 3.71. The Kier molecular flexibility index (Phi) is 4.75. The first-order valence-electron chi connectivity index (χ1n) is 9.39. The van der Waals surface area contributed by atoms with Crippen LogP contribution in [0.2, 0.25) is 0 Å². The molecule has 1 aliphatic rings. The van der Waals surface area contributed by atoms with Crippen molar-refractivity contribution in [1.82, 2.24) is 19.4 Å². The van der Waals surface area contributed by atoms with Gasteiger partial charge in [-0.2, -0.15) is 0 Å². The summed E-state index contributed by atoms with van der Waals surface area (Å²) in [6.45, 7) is 6.30. The van der Waals surface area contributed by atoms with Crippen molar-refractivity contribution in [3.8, 4) is 0 Å². The van der Waals surface area contributed by atoms with Crippen molar-refractivity contribution in [3.05, 3.63) is 83.2 Å². The molecular formula is C22H24N4O. The lowest BCUT2D eigenvalue weighted by atomic mass is 10.1. The van der Waals surface area contributed by atoms with Crippen LogP contribution in [0.4, 0.5) is 0 Å². The quantitative estimate of drug-likeness (QED) is 0.715. The zero-order valence-corrected chi connectivity index (χ0v) is 15.8. The summed E-state index contributed by atoms with van der Waals surface area (Å²) in [6, 6.07) is 14.2. The zero-order chi connectivity index (χ0) is 18.8. The molecule has 1 fully saturated rings. The molecule has 1 amide bonds. The minimum Gasteiger partial charge on any atom is -0.338 e. The second-order valence-corrected chi connectivity index (χ2v) is 7.25. The predicted molar refractivity (Wildman–Crippen MR) is 105 cm³/mol. The Morgan fingerprint density at radius 3 is 2.63 bits per heavy atom. The Bertz CT molecular complexity index is 931. The molecule has 0 bridgehead atoms. The van der Waals surface area contributed by atoms with Gasteiger partial charge in [-0.1, -0.05) is 30.3 Å². The van der Waals surface area contributed by atoms with Gasteiger partial charge in [0.05, 0.1) is 5.56 Å². The molecule has 0 radical (unpaired) electrons. The number of hydrogen-bond donors (Lipinski definition) is 0. The minimum atomic E-state index is 0.0582. The summed E-state index contributed by atoms with van der Waals surface area (Å²) in [4.78, 5) is 23.6. The van der Waals surface area contributed by atoms with E-state index in [4.69, 9.17) is 0 Å². The summed E-state index contributed by atoms with van der Waals surface area (Å²) >= 11 is 0. The lowest BCUT2D eigenvalue weighted by molar-refractivity contribution is 0.0790. The van der Waals surface area contributed by atoms with Crippen molar-refractivity contribution >= 4 is 5.91 Å². The molecular weight excluding hydrogens is 336 g/mol. The molecule has 3 aromatic rings. The van der Waals surface area contributed by atoms with Crippen LogP contribution in [-0.4, -0.2) is 38.4 Å². The highest BCUT2D eigenvalue weighted by Crippen LogP contribution is 2.28. The summed E-state index contributed by atoms with van der Waals surface area (Å²) in [5, 5.41) is 0. The molecule has 5 heteroatoms. The minimum absolute atomic E-state index is 0.0582. The number of aryl methyl sites for hydroxylation is 2. The van der Waals surface area contributed by atoms with Gasteiger partial charge in [-0.05, 0) is 38.0 Å². The Morgan fingerprint density at radius 2 is 1.89 bits per heavy atom. The summed E-state index contributed by atoms with van der Waals surface area (Å²) in [5.41, 5.74) is 3.99. The predicted octanol–water partition coefficient (Wildman–Crippen LogP) is 3.57. The van der Waals surface area contributed by atoms with Gasteiger partial charge in [-0.15, -0.1) is 0 Å². The molecule has 1 unspecified atom stereocenters. The van der Waals surface area contributed by atoms with E-state index in [0.29, 0.717) is 12.1 Å². The first-order valence-corrected chi connectivity index (χ1v) is 9.39. The van der Waals surface area contributed by atoms with Gasteiger partial charge in [0.25, 0.3) is 5.91 Å². The van der Waals surface area contributed by atoms with Crippen LogP contribution < -0.4 is 0 Å². The number of imidazole rings is 1. The molecule has 1 saturated heterocycles. The van der Waals surface area contributed by atoms with Crippen LogP contribution in [-0.2, 0) is 6.54 Å². The number of carbonyl (C=O) groups is 1. The Morgan fingerprint density at radius 1 is 1.07 bits per heavy atom. The van der Waals surface area contributed by atoms with Crippen molar-refractivity contribution in [2.24, 2.45) is 0 Å². The second-order valence-electron chi connectivity index (χ2n) is 7.25. The third-order valence-electron chi connectivity index (χ3n) is 5.27. The number of carbonyl (C=O) groups excluding carboxylic acids is 1. The molecule has 27 heavy (non-hydrogen) atoms. The van der Waals surface area contributed by atoms with E-state index in [1.54, 1.807) is 6.20 Å². The average molecular weight is 360 g/mol. The highest BCUT2D eigenvalue weighted by atomic mass is 16.2. The number of aromatic nitrogens is 3. The SMILES string of the molecule is Cc1ccc(C(=O)N2CCC(c3ncc(C)n3Cc3ccccc3)C2)cn1. The monoisotopic (exact) mass is 360 g/mol. The number of likely N-dealkylation sites (tertiary alicyclic amines) is 1. The van der Waals surface area contributed by atoms with Crippen LogP contribution in [0.1, 0.15) is 45.5 Å². The maximum atomic E-state index is 12.8. The van der Waals surface area contributed by atoms with E-state index in [9.17, 15) is 4.79 Å². The lowest BCUT2D eigenvalue weighted by Crippen LogP contribution is -2.29. The molecule has 0 aliphatic carbocycles. The van der Waals surface area contributed by atoms with Crippen molar-refractivity contribution < 1.29 is 4.79 Å². The van der Waals surface area contributed by atoms with Gasteiger partial charge < -0.3 is 9.47 Å². The number of benzene rings is 1. The van der Waals surface area contributed by atoms with E-state index in [1.165, 1.54) is 5.56 Å². The van der Waals surface area contributed by atoms with E-state index in [-0.39, 0.29) is 11.8 Å². The van der Waals surface area contributed by atoms with Crippen LogP contribution in [0.5, 0.6) is 0 Å². The molecule has 0 N–H and O–H groups in total. The third kappa shape index (κ3) is 3.63. The van der Waals surface area contributed by atoms with Crippen molar-refractivity contribution in [1.29, 1.82) is 0 Å². The first kappa shape index (κ1) is 17.5. The number of nitrogens with zero attached hydrogens (tertiary/aromatic N) is 4. The fraction of sp³-hybridized carbons (Fsp3) is 0.318. The Labute approximate surface area is 159 Å². The van der Waals surface area contributed by atoms with Crippen LogP contribution in [0.15, 0.2) is 54.9 Å². The topological polar surface area (TPSA) is 51.0 Å². The second kappa shape index (κ2) is 7.35. The van der Waals surface area contributed by atoms with Crippen molar-refractivity contribution in [2.75, 3.05) is 13.1 Å². The third-order valence-corrected chi connectivity index (χ3v) is 5.27. The highest BCUT2D eigenvalue weighted by Gasteiger charge is 2.31.